The summed E-state index contributed by atoms with van der Waals surface area (Å²) in [6, 6.07) is 6.43. The molecule has 1 N–H and O–H groups in total. The zero-order chi connectivity index (χ0) is 17.1. The van der Waals surface area contributed by atoms with E-state index in [1.54, 1.807) is 19.2 Å². The zero-order valence-corrected chi connectivity index (χ0v) is 14.3. The van der Waals surface area contributed by atoms with E-state index >= 15 is 0 Å². The number of allylic oxidation sites excluding steroid dienone is 1. The summed E-state index contributed by atoms with van der Waals surface area (Å²) in [7, 11) is 1.71. The van der Waals surface area contributed by atoms with Crippen molar-refractivity contribution in [2.75, 3.05) is 7.11 Å². The van der Waals surface area contributed by atoms with Gasteiger partial charge < -0.3 is 14.3 Å². The first-order chi connectivity index (χ1) is 12.1. The summed E-state index contributed by atoms with van der Waals surface area (Å²) >= 11 is 0. The number of hydrogen-bond acceptors (Lipinski definition) is 4. The second-order valence-electron chi connectivity index (χ2n) is 7.95. The van der Waals surface area contributed by atoms with Gasteiger partial charge in [-0.15, -0.1) is 0 Å². The Morgan fingerprint density at radius 1 is 1.08 bits per heavy atom. The van der Waals surface area contributed by atoms with E-state index in [9.17, 15) is 9.90 Å². The van der Waals surface area contributed by atoms with Crippen molar-refractivity contribution in [1.82, 2.24) is 0 Å². The fourth-order valence-corrected chi connectivity index (χ4v) is 5.80. The highest BCUT2D eigenvalue weighted by Gasteiger charge is 2.46. The largest absolute Gasteiger partial charge is 0.508 e. The van der Waals surface area contributed by atoms with Crippen molar-refractivity contribution in [3.63, 3.8) is 0 Å². The van der Waals surface area contributed by atoms with Crippen LogP contribution in [0, 0.1) is 23.7 Å². The van der Waals surface area contributed by atoms with Crippen LogP contribution in [0.5, 0.6) is 5.75 Å². The third-order valence-electron chi connectivity index (χ3n) is 6.45. The predicted octanol–water partition coefficient (Wildman–Crippen LogP) is 4.31. The molecule has 4 aliphatic carbocycles. The predicted molar refractivity (Wildman–Crippen MR) is 95.1 cm³/mol. The first-order valence-corrected chi connectivity index (χ1v) is 9.17. The minimum absolute atomic E-state index is 0.0933. The SMILES string of the molecule is COC(=C1C2CC3CC(C2)CC1C3)c1cc(O)cc2oc(=O)ccc12. The Morgan fingerprint density at radius 3 is 2.40 bits per heavy atom. The Kier molecular flexibility index (Phi) is 3.24. The number of phenols is 1. The molecule has 4 fully saturated rings. The molecule has 4 heteroatoms. The third kappa shape index (κ3) is 2.30. The number of benzene rings is 1. The molecule has 4 aliphatic rings. The summed E-state index contributed by atoms with van der Waals surface area (Å²) in [5.41, 5.74) is 2.25. The molecule has 2 aromatic rings. The van der Waals surface area contributed by atoms with Crippen LogP contribution in [0.1, 0.15) is 37.7 Å². The Hall–Kier alpha value is -2.23. The number of fused-ring (bicyclic) bond motifs is 1. The maximum atomic E-state index is 11.6. The van der Waals surface area contributed by atoms with Gasteiger partial charge in [0.1, 0.15) is 17.1 Å². The maximum Gasteiger partial charge on any atom is 0.336 e. The van der Waals surface area contributed by atoms with E-state index in [1.165, 1.54) is 49.8 Å². The standard InChI is InChI=1S/C21H22O4/c1-24-21(20-13-5-11-4-12(7-13)8-14(20)6-11)17-9-15(22)10-18-16(17)2-3-19(23)25-18/h2-3,9-14,22H,4-8H2,1H3. The van der Waals surface area contributed by atoms with Crippen molar-refractivity contribution in [3.8, 4) is 5.75 Å². The van der Waals surface area contributed by atoms with Crippen LogP contribution in [-0.4, -0.2) is 12.2 Å². The van der Waals surface area contributed by atoms with Gasteiger partial charge in [0.25, 0.3) is 0 Å². The van der Waals surface area contributed by atoms with Crippen LogP contribution in [0.15, 0.2) is 39.1 Å². The molecule has 4 saturated carbocycles. The average molecular weight is 338 g/mol. The topological polar surface area (TPSA) is 59.7 Å². The minimum atomic E-state index is -0.412. The van der Waals surface area contributed by atoms with Gasteiger partial charge in [0, 0.05) is 23.1 Å². The number of aromatic hydroxyl groups is 1. The molecule has 1 heterocycles. The highest BCUT2D eigenvalue weighted by Crippen LogP contribution is 2.58. The normalized spacial score (nSPS) is 30.0. The fourth-order valence-electron chi connectivity index (χ4n) is 5.80. The van der Waals surface area contributed by atoms with Crippen LogP contribution < -0.4 is 5.63 Å². The zero-order valence-electron chi connectivity index (χ0n) is 14.3. The van der Waals surface area contributed by atoms with Gasteiger partial charge in [0.15, 0.2) is 0 Å². The lowest BCUT2D eigenvalue weighted by Gasteiger charge is -2.51. The molecule has 25 heavy (non-hydrogen) atoms. The molecule has 6 rings (SSSR count). The molecule has 0 atom stereocenters. The molecule has 130 valence electrons. The summed E-state index contributed by atoms with van der Waals surface area (Å²) < 4.78 is 11.2. The van der Waals surface area contributed by atoms with Crippen LogP contribution in [0.2, 0.25) is 0 Å². The summed E-state index contributed by atoms with van der Waals surface area (Å²) in [6.45, 7) is 0. The Balaban J connectivity index is 1.73. The number of ether oxygens (including phenoxy) is 1. The van der Waals surface area contributed by atoms with E-state index < -0.39 is 5.63 Å². The van der Waals surface area contributed by atoms with Crippen molar-refractivity contribution in [2.45, 2.75) is 32.1 Å². The molecular formula is C21H22O4. The monoisotopic (exact) mass is 338 g/mol. The average Bonchev–Trinajstić information content (AvgIpc) is 2.56. The Bertz CT molecular complexity index is 907. The number of hydrogen-bond donors (Lipinski definition) is 1. The van der Waals surface area contributed by atoms with Crippen LogP contribution in [0.25, 0.3) is 16.7 Å². The van der Waals surface area contributed by atoms with Crippen molar-refractivity contribution in [2.24, 2.45) is 23.7 Å². The summed E-state index contributed by atoms with van der Waals surface area (Å²) in [6.07, 6.45) is 6.47. The second-order valence-corrected chi connectivity index (χ2v) is 7.95. The van der Waals surface area contributed by atoms with Crippen LogP contribution in [-0.2, 0) is 4.74 Å². The quantitative estimate of drug-likeness (QED) is 0.655. The lowest BCUT2D eigenvalue weighted by atomic mass is 9.54. The molecule has 0 spiro atoms. The highest BCUT2D eigenvalue weighted by molar-refractivity contribution is 5.91. The van der Waals surface area contributed by atoms with E-state index in [1.807, 2.05) is 0 Å². The van der Waals surface area contributed by atoms with Crippen LogP contribution in [0.4, 0.5) is 0 Å². The summed E-state index contributed by atoms with van der Waals surface area (Å²) in [5.74, 6) is 3.92. The Labute approximate surface area is 146 Å². The fraction of sp³-hybridized carbons (Fsp3) is 0.476. The smallest absolute Gasteiger partial charge is 0.336 e. The van der Waals surface area contributed by atoms with Gasteiger partial charge in [-0.05, 0) is 73.5 Å². The number of phenolic OH excluding ortho intramolecular Hbond substituents is 1. The van der Waals surface area contributed by atoms with E-state index in [4.69, 9.17) is 9.15 Å². The second kappa shape index (κ2) is 5.38. The molecule has 0 aliphatic heterocycles. The number of methoxy groups -OCH3 is 1. The van der Waals surface area contributed by atoms with Gasteiger partial charge in [-0.2, -0.15) is 0 Å². The lowest BCUT2D eigenvalue weighted by Crippen LogP contribution is -2.40. The molecule has 0 radical (unpaired) electrons. The summed E-state index contributed by atoms with van der Waals surface area (Å²) in [4.78, 5) is 11.6. The summed E-state index contributed by atoms with van der Waals surface area (Å²) in [5, 5.41) is 11.0. The van der Waals surface area contributed by atoms with Crippen LogP contribution >= 0.6 is 0 Å². The van der Waals surface area contributed by atoms with Gasteiger partial charge in [0.2, 0.25) is 0 Å². The molecule has 1 aromatic carbocycles. The van der Waals surface area contributed by atoms with Gasteiger partial charge in [-0.1, -0.05) is 0 Å². The van der Waals surface area contributed by atoms with Crippen molar-refractivity contribution < 1.29 is 14.3 Å². The van der Waals surface area contributed by atoms with E-state index in [2.05, 4.69) is 0 Å². The van der Waals surface area contributed by atoms with Gasteiger partial charge in [-0.3, -0.25) is 0 Å². The lowest BCUT2D eigenvalue weighted by molar-refractivity contribution is 0.0675. The van der Waals surface area contributed by atoms with Gasteiger partial charge in [-0.25, -0.2) is 4.79 Å². The van der Waals surface area contributed by atoms with Crippen molar-refractivity contribution in [3.05, 3.63) is 45.8 Å². The van der Waals surface area contributed by atoms with Gasteiger partial charge >= 0.3 is 5.63 Å². The first-order valence-electron chi connectivity index (χ1n) is 9.17. The van der Waals surface area contributed by atoms with E-state index in [-0.39, 0.29) is 5.75 Å². The number of rotatable bonds is 2. The molecule has 4 nitrogen and oxygen atoms in total. The molecule has 0 unspecified atom stereocenters. The minimum Gasteiger partial charge on any atom is -0.508 e. The molecular weight excluding hydrogens is 316 g/mol. The third-order valence-corrected chi connectivity index (χ3v) is 6.45. The van der Waals surface area contributed by atoms with Crippen molar-refractivity contribution >= 4 is 16.7 Å². The van der Waals surface area contributed by atoms with Crippen molar-refractivity contribution in [1.29, 1.82) is 0 Å². The highest BCUT2D eigenvalue weighted by atomic mass is 16.5. The molecule has 4 bridgehead atoms. The molecule has 0 saturated heterocycles. The van der Waals surface area contributed by atoms with E-state index in [0.29, 0.717) is 17.4 Å². The Morgan fingerprint density at radius 2 is 1.76 bits per heavy atom. The molecule has 1 aromatic heterocycles. The molecule has 0 amide bonds. The van der Waals surface area contributed by atoms with Crippen LogP contribution in [0.3, 0.4) is 0 Å². The first kappa shape index (κ1) is 15.1. The van der Waals surface area contributed by atoms with Gasteiger partial charge in [0.05, 0.1) is 7.11 Å². The van der Waals surface area contributed by atoms with E-state index in [0.717, 1.165) is 28.5 Å². The maximum absolute atomic E-state index is 11.6.